The summed E-state index contributed by atoms with van der Waals surface area (Å²) < 4.78 is 6.08. The molecular formula is C29H36N2O4. The molecule has 2 aromatic carbocycles. The van der Waals surface area contributed by atoms with E-state index in [1.54, 1.807) is 6.07 Å². The van der Waals surface area contributed by atoms with Gasteiger partial charge in [0.25, 0.3) is 5.91 Å². The van der Waals surface area contributed by atoms with Crippen molar-refractivity contribution in [1.82, 2.24) is 10.3 Å². The fraction of sp³-hybridized carbons (Fsp3) is 0.414. The van der Waals surface area contributed by atoms with E-state index in [2.05, 4.69) is 43.2 Å². The molecule has 186 valence electrons. The molecule has 0 radical (unpaired) electrons. The molecule has 1 aromatic heterocycles. The van der Waals surface area contributed by atoms with E-state index in [-0.39, 0.29) is 16.5 Å². The maximum Gasteiger partial charge on any atom is 0.326 e. The van der Waals surface area contributed by atoms with Gasteiger partial charge in [0, 0.05) is 11.1 Å². The number of nitrogens with zero attached hydrogens (tertiary/aromatic N) is 1. The summed E-state index contributed by atoms with van der Waals surface area (Å²) in [6.07, 6.45) is 0.936. The van der Waals surface area contributed by atoms with Crippen LogP contribution in [0.1, 0.15) is 76.6 Å². The summed E-state index contributed by atoms with van der Waals surface area (Å²) in [6, 6.07) is 14.5. The minimum atomic E-state index is -1.05. The Labute approximate surface area is 207 Å². The van der Waals surface area contributed by atoms with Crippen LogP contribution in [0.5, 0.6) is 11.5 Å². The summed E-state index contributed by atoms with van der Waals surface area (Å²) in [5.41, 5.74) is 2.03. The highest BCUT2D eigenvalue weighted by atomic mass is 16.5. The van der Waals surface area contributed by atoms with E-state index in [9.17, 15) is 14.7 Å². The van der Waals surface area contributed by atoms with Gasteiger partial charge in [0.05, 0.1) is 0 Å². The number of aromatic nitrogens is 1. The van der Waals surface area contributed by atoms with Crippen molar-refractivity contribution >= 4 is 22.6 Å². The van der Waals surface area contributed by atoms with E-state index in [0.717, 1.165) is 22.2 Å². The summed E-state index contributed by atoms with van der Waals surface area (Å²) in [5, 5.41) is 13.9. The van der Waals surface area contributed by atoms with Crippen molar-refractivity contribution < 1.29 is 19.4 Å². The van der Waals surface area contributed by atoms with Gasteiger partial charge < -0.3 is 15.2 Å². The quantitative estimate of drug-likeness (QED) is 0.406. The topological polar surface area (TPSA) is 88.5 Å². The summed E-state index contributed by atoms with van der Waals surface area (Å²) in [4.78, 5) is 29.1. The van der Waals surface area contributed by atoms with Crippen molar-refractivity contribution in [1.29, 1.82) is 0 Å². The van der Waals surface area contributed by atoms with Crippen LogP contribution in [-0.2, 0) is 16.6 Å². The molecule has 1 unspecified atom stereocenters. The van der Waals surface area contributed by atoms with Gasteiger partial charge in [0.2, 0.25) is 0 Å². The number of carbonyl (C=O) groups is 2. The molecule has 0 spiro atoms. The SMILES string of the molecule is CCc1nc(C(=O)NC(CC(C)(C)C)C(=O)O)cc2ccc(Oc3ccc(C(C)(C)C)cc3)cc12. The number of ether oxygens (including phenoxy) is 1. The maximum absolute atomic E-state index is 12.9. The highest BCUT2D eigenvalue weighted by Gasteiger charge is 2.27. The van der Waals surface area contributed by atoms with E-state index >= 15 is 0 Å². The average Bonchev–Trinajstić information content (AvgIpc) is 2.76. The van der Waals surface area contributed by atoms with E-state index < -0.39 is 17.9 Å². The molecule has 35 heavy (non-hydrogen) atoms. The molecule has 1 amide bonds. The molecule has 0 bridgehead atoms. The number of carboxylic acids is 1. The zero-order valence-corrected chi connectivity index (χ0v) is 21.7. The molecule has 0 fully saturated rings. The number of amides is 1. The van der Waals surface area contributed by atoms with Gasteiger partial charge >= 0.3 is 5.97 Å². The number of aryl methyl sites for hydroxylation is 1. The normalized spacial score (nSPS) is 12.9. The van der Waals surface area contributed by atoms with Gasteiger partial charge in [-0.2, -0.15) is 0 Å². The third kappa shape index (κ3) is 6.81. The molecule has 2 N–H and O–H groups in total. The first kappa shape index (κ1) is 26.2. The molecule has 0 aliphatic carbocycles. The average molecular weight is 477 g/mol. The number of hydrogen-bond donors (Lipinski definition) is 2. The summed E-state index contributed by atoms with van der Waals surface area (Å²) in [5.74, 6) is -0.108. The molecule has 1 heterocycles. The fourth-order valence-corrected chi connectivity index (χ4v) is 3.95. The van der Waals surface area contributed by atoms with Crippen LogP contribution in [0.15, 0.2) is 48.5 Å². The Hall–Kier alpha value is -3.41. The highest BCUT2D eigenvalue weighted by Crippen LogP contribution is 2.30. The number of rotatable bonds is 7. The van der Waals surface area contributed by atoms with E-state index in [0.29, 0.717) is 18.6 Å². The zero-order chi connectivity index (χ0) is 26.0. The minimum absolute atomic E-state index is 0.0738. The first-order valence-corrected chi connectivity index (χ1v) is 12.0. The molecule has 0 saturated heterocycles. The first-order valence-electron chi connectivity index (χ1n) is 12.0. The van der Waals surface area contributed by atoms with Crippen molar-refractivity contribution in [3.8, 4) is 11.5 Å². The maximum atomic E-state index is 12.9. The predicted octanol–water partition coefficient (Wildman–Crippen LogP) is 6.51. The largest absolute Gasteiger partial charge is 0.480 e. The van der Waals surface area contributed by atoms with Crippen LogP contribution in [-0.4, -0.2) is 28.0 Å². The number of fused-ring (bicyclic) bond motifs is 1. The van der Waals surface area contributed by atoms with Crippen LogP contribution in [0.3, 0.4) is 0 Å². The smallest absolute Gasteiger partial charge is 0.326 e. The number of carboxylic acid groups (broad SMARTS) is 1. The van der Waals surface area contributed by atoms with Gasteiger partial charge in [-0.05, 0) is 65.0 Å². The van der Waals surface area contributed by atoms with Crippen LogP contribution in [0.4, 0.5) is 0 Å². The molecule has 0 saturated carbocycles. The van der Waals surface area contributed by atoms with Crippen molar-refractivity contribution in [2.24, 2.45) is 5.41 Å². The second-order valence-electron chi connectivity index (χ2n) is 11.2. The van der Waals surface area contributed by atoms with Crippen LogP contribution >= 0.6 is 0 Å². The highest BCUT2D eigenvalue weighted by molar-refractivity contribution is 5.99. The minimum Gasteiger partial charge on any atom is -0.480 e. The van der Waals surface area contributed by atoms with Crippen molar-refractivity contribution in [2.75, 3.05) is 0 Å². The third-order valence-electron chi connectivity index (χ3n) is 5.83. The van der Waals surface area contributed by atoms with Gasteiger partial charge in [0.15, 0.2) is 0 Å². The van der Waals surface area contributed by atoms with Crippen LogP contribution in [0, 0.1) is 5.41 Å². The lowest BCUT2D eigenvalue weighted by molar-refractivity contribution is -0.140. The Balaban J connectivity index is 1.86. The number of nitrogens with one attached hydrogen (secondary N) is 1. The molecule has 3 aromatic rings. The molecular weight excluding hydrogens is 440 g/mol. The first-order chi connectivity index (χ1) is 16.3. The van der Waals surface area contributed by atoms with E-state index in [1.165, 1.54) is 5.56 Å². The Kier molecular flexibility index (Phi) is 7.53. The van der Waals surface area contributed by atoms with Crippen molar-refractivity contribution in [2.45, 2.75) is 72.8 Å². The van der Waals surface area contributed by atoms with Crippen molar-refractivity contribution in [3.63, 3.8) is 0 Å². The van der Waals surface area contributed by atoms with E-state index in [1.807, 2.05) is 58.0 Å². The molecule has 0 aliphatic heterocycles. The molecule has 1 atom stereocenters. The lowest BCUT2D eigenvalue weighted by atomic mass is 9.87. The zero-order valence-electron chi connectivity index (χ0n) is 21.7. The second-order valence-corrected chi connectivity index (χ2v) is 11.2. The monoisotopic (exact) mass is 476 g/mol. The molecule has 0 aliphatic rings. The molecule has 6 heteroatoms. The lowest BCUT2D eigenvalue weighted by Crippen LogP contribution is -2.43. The third-order valence-corrected chi connectivity index (χ3v) is 5.83. The Morgan fingerprint density at radius 3 is 2.14 bits per heavy atom. The summed E-state index contributed by atoms with van der Waals surface area (Å²) >= 11 is 0. The van der Waals surface area contributed by atoms with Gasteiger partial charge in [0.1, 0.15) is 23.2 Å². The summed E-state index contributed by atoms with van der Waals surface area (Å²) in [7, 11) is 0. The number of aliphatic carboxylic acids is 1. The van der Waals surface area contributed by atoms with Crippen LogP contribution in [0.25, 0.3) is 10.8 Å². The Morgan fingerprint density at radius 2 is 1.60 bits per heavy atom. The number of hydrogen-bond acceptors (Lipinski definition) is 4. The molecule has 3 rings (SSSR count). The van der Waals surface area contributed by atoms with Gasteiger partial charge in [-0.3, -0.25) is 4.79 Å². The molecule has 6 nitrogen and oxygen atoms in total. The number of pyridine rings is 1. The Morgan fingerprint density at radius 1 is 0.971 bits per heavy atom. The van der Waals surface area contributed by atoms with Crippen molar-refractivity contribution in [3.05, 3.63) is 65.5 Å². The number of benzene rings is 2. The Bertz CT molecular complexity index is 1220. The van der Waals surface area contributed by atoms with Gasteiger partial charge in [-0.25, -0.2) is 9.78 Å². The van der Waals surface area contributed by atoms with Gasteiger partial charge in [-0.15, -0.1) is 0 Å². The van der Waals surface area contributed by atoms with Gasteiger partial charge in [-0.1, -0.05) is 66.7 Å². The standard InChI is InChI=1S/C29H36N2O4/c1-8-23-22-16-21(35-20-13-10-19(11-14-20)29(5,6)7)12-9-18(22)15-24(30-23)26(32)31-25(27(33)34)17-28(2,3)4/h9-16,25H,8,17H2,1-7H3,(H,31,32)(H,33,34). The predicted molar refractivity (Wildman–Crippen MR) is 139 cm³/mol. The second kappa shape index (κ2) is 10.1. The van der Waals surface area contributed by atoms with Crippen LogP contribution in [0.2, 0.25) is 0 Å². The van der Waals surface area contributed by atoms with Crippen LogP contribution < -0.4 is 10.1 Å². The lowest BCUT2D eigenvalue weighted by Gasteiger charge is -2.24. The fourth-order valence-electron chi connectivity index (χ4n) is 3.95. The van der Waals surface area contributed by atoms with E-state index in [4.69, 9.17) is 4.74 Å². The number of carbonyl (C=O) groups excluding carboxylic acids is 1. The summed E-state index contributed by atoms with van der Waals surface area (Å²) in [6.45, 7) is 14.3.